The van der Waals surface area contributed by atoms with Gasteiger partial charge in [0.05, 0.1) is 6.20 Å². The Labute approximate surface area is 82.6 Å². The fourth-order valence-electron chi connectivity index (χ4n) is 1.43. The van der Waals surface area contributed by atoms with Crippen LogP contribution in [0.25, 0.3) is 11.3 Å². The molecule has 0 fully saturated rings. The Morgan fingerprint density at radius 2 is 2.07 bits per heavy atom. The van der Waals surface area contributed by atoms with Crippen LogP contribution >= 0.6 is 0 Å². The number of anilines is 1. The summed E-state index contributed by atoms with van der Waals surface area (Å²) < 4.78 is 5.27. The van der Waals surface area contributed by atoms with Crippen molar-refractivity contribution in [3.63, 3.8) is 0 Å². The van der Waals surface area contributed by atoms with Gasteiger partial charge in [0.15, 0.2) is 5.76 Å². The first-order chi connectivity index (χ1) is 6.68. The molecule has 0 aliphatic heterocycles. The molecule has 0 aliphatic rings. The number of nitrogens with two attached hydrogens (primary N) is 1. The second-order valence-electron chi connectivity index (χ2n) is 3.31. The fraction of sp³-hybridized carbons (Fsp3) is 0.182. The van der Waals surface area contributed by atoms with Crippen molar-refractivity contribution in [1.82, 2.24) is 4.98 Å². The zero-order valence-electron chi connectivity index (χ0n) is 8.24. The second kappa shape index (κ2) is 3.18. The summed E-state index contributed by atoms with van der Waals surface area (Å²) in [6.07, 6.45) is 1.65. The molecule has 72 valence electrons. The van der Waals surface area contributed by atoms with E-state index in [-0.39, 0.29) is 6.01 Å². The van der Waals surface area contributed by atoms with Gasteiger partial charge in [0.2, 0.25) is 0 Å². The molecule has 0 radical (unpaired) electrons. The van der Waals surface area contributed by atoms with Gasteiger partial charge in [-0.1, -0.05) is 18.2 Å². The highest BCUT2D eigenvalue weighted by atomic mass is 16.4. The van der Waals surface area contributed by atoms with E-state index in [0.717, 1.165) is 11.3 Å². The van der Waals surface area contributed by atoms with Crippen LogP contribution in [0.15, 0.2) is 28.8 Å². The summed E-state index contributed by atoms with van der Waals surface area (Å²) >= 11 is 0. The molecule has 0 bridgehead atoms. The first kappa shape index (κ1) is 8.81. The second-order valence-corrected chi connectivity index (χ2v) is 3.31. The third-order valence-electron chi connectivity index (χ3n) is 2.39. The molecule has 2 rings (SSSR count). The third kappa shape index (κ3) is 1.37. The van der Waals surface area contributed by atoms with Crippen LogP contribution < -0.4 is 5.73 Å². The van der Waals surface area contributed by atoms with Crippen LogP contribution in [0.5, 0.6) is 0 Å². The number of aromatic nitrogens is 1. The van der Waals surface area contributed by atoms with Gasteiger partial charge in [-0.2, -0.15) is 0 Å². The number of hydrogen-bond donors (Lipinski definition) is 1. The van der Waals surface area contributed by atoms with Gasteiger partial charge in [-0.3, -0.25) is 0 Å². The molecular weight excluding hydrogens is 176 g/mol. The van der Waals surface area contributed by atoms with Gasteiger partial charge in [-0.25, -0.2) is 4.98 Å². The molecule has 3 nitrogen and oxygen atoms in total. The van der Waals surface area contributed by atoms with Crippen molar-refractivity contribution in [2.45, 2.75) is 13.8 Å². The molecule has 0 saturated heterocycles. The molecule has 2 aromatic rings. The standard InChI is InChI=1S/C11H12N2O/c1-7-4-3-5-9(8(7)2)10-6-13-11(12)14-10/h3-6H,1-2H3,(H2,12,13). The number of oxazole rings is 1. The lowest BCUT2D eigenvalue weighted by Crippen LogP contribution is -1.85. The quantitative estimate of drug-likeness (QED) is 0.748. The maximum atomic E-state index is 5.43. The van der Waals surface area contributed by atoms with E-state index in [1.54, 1.807) is 6.20 Å². The molecule has 1 aromatic carbocycles. The maximum Gasteiger partial charge on any atom is 0.292 e. The van der Waals surface area contributed by atoms with Crippen molar-refractivity contribution in [3.8, 4) is 11.3 Å². The van der Waals surface area contributed by atoms with Crippen LogP contribution in [-0.2, 0) is 0 Å². The van der Waals surface area contributed by atoms with Gasteiger partial charge in [-0.05, 0) is 25.0 Å². The summed E-state index contributed by atoms with van der Waals surface area (Å²) in [7, 11) is 0. The fourth-order valence-corrected chi connectivity index (χ4v) is 1.43. The minimum Gasteiger partial charge on any atom is -0.424 e. The van der Waals surface area contributed by atoms with E-state index in [0.29, 0.717) is 0 Å². The van der Waals surface area contributed by atoms with Gasteiger partial charge in [0.1, 0.15) is 0 Å². The zero-order valence-corrected chi connectivity index (χ0v) is 8.24. The average Bonchev–Trinajstić information content (AvgIpc) is 2.57. The van der Waals surface area contributed by atoms with Crippen LogP contribution in [0.4, 0.5) is 6.01 Å². The largest absolute Gasteiger partial charge is 0.424 e. The SMILES string of the molecule is Cc1cccc(-c2cnc(N)o2)c1C. The van der Waals surface area contributed by atoms with E-state index in [1.807, 2.05) is 12.1 Å². The third-order valence-corrected chi connectivity index (χ3v) is 2.39. The molecule has 0 spiro atoms. The number of benzene rings is 1. The molecule has 0 unspecified atom stereocenters. The molecule has 1 aromatic heterocycles. The van der Waals surface area contributed by atoms with Crippen molar-refractivity contribution in [1.29, 1.82) is 0 Å². The van der Waals surface area contributed by atoms with Crippen LogP contribution in [0, 0.1) is 13.8 Å². The van der Waals surface area contributed by atoms with E-state index in [4.69, 9.17) is 10.2 Å². The van der Waals surface area contributed by atoms with Crippen molar-refractivity contribution in [2.24, 2.45) is 0 Å². The van der Waals surface area contributed by atoms with Crippen LogP contribution in [0.3, 0.4) is 0 Å². The molecule has 3 heteroatoms. The Morgan fingerprint density at radius 3 is 2.71 bits per heavy atom. The van der Waals surface area contributed by atoms with Gasteiger partial charge >= 0.3 is 0 Å². The average molecular weight is 188 g/mol. The Hall–Kier alpha value is -1.77. The highest BCUT2D eigenvalue weighted by molar-refractivity contribution is 5.63. The Kier molecular flexibility index (Phi) is 2.00. The minimum absolute atomic E-state index is 0.209. The van der Waals surface area contributed by atoms with Gasteiger partial charge in [0, 0.05) is 5.56 Å². The first-order valence-corrected chi connectivity index (χ1v) is 4.46. The summed E-state index contributed by atoms with van der Waals surface area (Å²) in [5, 5.41) is 0. The number of hydrogen-bond acceptors (Lipinski definition) is 3. The Morgan fingerprint density at radius 1 is 1.29 bits per heavy atom. The normalized spacial score (nSPS) is 10.4. The lowest BCUT2D eigenvalue weighted by Gasteiger charge is -2.04. The van der Waals surface area contributed by atoms with E-state index >= 15 is 0 Å². The van der Waals surface area contributed by atoms with Crippen LogP contribution in [0.2, 0.25) is 0 Å². The predicted molar refractivity (Wildman–Crippen MR) is 55.8 cm³/mol. The van der Waals surface area contributed by atoms with Crippen molar-refractivity contribution in [3.05, 3.63) is 35.5 Å². The molecule has 0 saturated carbocycles. The number of rotatable bonds is 1. The summed E-state index contributed by atoms with van der Waals surface area (Å²) in [6.45, 7) is 4.13. The zero-order chi connectivity index (χ0) is 10.1. The van der Waals surface area contributed by atoms with Gasteiger partial charge in [0.25, 0.3) is 6.01 Å². The van der Waals surface area contributed by atoms with E-state index < -0.39 is 0 Å². The van der Waals surface area contributed by atoms with Gasteiger partial charge in [-0.15, -0.1) is 0 Å². The monoisotopic (exact) mass is 188 g/mol. The summed E-state index contributed by atoms with van der Waals surface area (Å²) in [5.41, 5.74) is 8.91. The van der Waals surface area contributed by atoms with Crippen molar-refractivity contribution >= 4 is 6.01 Å². The highest BCUT2D eigenvalue weighted by Crippen LogP contribution is 2.26. The van der Waals surface area contributed by atoms with E-state index in [2.05, 4.69) is 24.9 Å². The van der Waals surface area contributed by atoms with Crippen LogP contribution in [0.1, 0.15) is 11.1 Å². The molecule has 0 atom stereocenters. The van der Waals surface area contributed by atoms with Gasteiger partial charge < -0.3 is 10.2 Å². The first-order valence-electron chi connectivity index (χ1n) is 4.46. The number of nitrogen functional groups attached to an aromatic ring is 1. The van der Waals surface area contributed by atoms with E-state index in [9.17, 15) is 0 Å². The molecule has 0 aliphatic carbocycles. The minimum atomic E-state index is 0.209. The highest BCUT2D eigenvalue weighted by Gasteiger charge is 2.07. The lowest BCUT2D eigenvalue weighted by molar-refractivity contribution is 0.594. The molecule has 1 heterocycles. The Bertz CT molecular complexity index is 460. The molecule has 2 N–H and O–H groups in total. The molecular formula is C11H12N2O. The predicted octanol–water partition coefficient (Wildman–Crippen LogP) is 2.54. The topological polar surface area (TPSA) is 52.0 Å². The summed E-state index contributed by atoms with van der Waals surface area (Å²) in [4.78, 5) is 3.87. The smallest absolute Gasteiger partial charge is 0.292 e. The van der Waals surface area contributed by atoms with E-state index in [1.165, 1.54) is 11.1 Å². The van der Waals surface area contributed by atoms with Crippen molar-refractivity contribution < 1.29 is 4.42 Å². The van der Waals surface area contributed by atoms with Crippen molar-refractivity contribution in [2.75, 3.05) is 5.73 Å². The lowest BCUT2D eigenvalue weighted by atomic mass is 10.0. The Balaban J connectivity index is 2.57. The number of nitrogens with zero attached hydrogens (tertiary/aromatic N) is 1. The summed E-state index contributed by atoms with van der Waals surface area (Å²) in [6, 6.07) is 6.28. The molecule has 14 heavy (non-hydrogen) atoms. The number of aryl methyl sites for hydroxylation is 1. The summed E-state index contributed by atoms with van der Waals surface area (Å²) in [5.74, 6) is 0.726. The molecule has 0 amide bonds. The van der Waals surface area contributed by atoms with Crippen LogP contribution in [-0.4, -0.2) is 4.98 Å². The maximum absolute atomic E-state index is 5.43.